The van der Waals surface area contributed by atoms with Gasteiger partial charge in [-0.1, -0.05) is 0 Å². The number of carbonyl (C=O) groups is 4. The van der Waals surface area contributed by atoms with E-state index in [9.17, 15) is 19.2 Å². The third-order valence-electron chi connectivity index (χ3n) is 5.68. The van der Waals surface area contributed by atoms with Crippen LogP contribution in [0, 0.1) is 5.92 Å². The first-order valence-electron chi connectivity index (χ1n) is 10.1. The van der Waals surface area contributed by atoms with Crippen LogP contribution < -0.4 is 15.4 Å². The number of nitrogens with two attached hydrogens (primary N) is 1. The van der Waals surface area contributed by atoms with E-state index >= 15 is 0 Å². The van der Waals surface area contributed by atoms with Gasteiger partial charge in [0.05, 0.1) is 12.2 Å². The van der Waals surface area contributed by atoms with Crippen LogP contribution in [0.2, 0.25) is 0 Å². The topological polar surface area (TPSA) is 123 Å². The Labute approximate surface area is 178 Å². The van der Waals surface area contributed by atoms with Crippen molar-refractivity contribution in [1.82, 2.24) is 4.90 Å². The molecule has 0 saturated carbocycles. The fraction of sp³-hybridized carbons (Fsp3) is 0.364. The number of amides is 3. The van der Waals surface area contributed by atoms with Gasteiger partial charge < -0.3 is 19.8 Å². The molecule has 2 aliphatic rings. The van der Waals surface area contributed by atoms with Crippen molar-refractivity contribution < 1.29 is 28.3 Å². The van der Waals surface area contributed by atoms with Gasteiger partial charge >= 0.3 is 0 Å². The van der Waals surface area contributed by atoms with Crippen molar-refractivity contribution in [1.29, 1.82) is 0 Å². The van der Waals surface area contributed by atoms with E-state index in [4.69, 9.17) is 14.9 Å². The number of Topliss-reactive ketones (excluding diaryl/α,β-unsaturated/α-hetero) is 1. The maximum absolute atomic E-state index is 12.7. The van der Waals surface area contributed by atoms with Gasteiger partial charge in [0.15, 0.2) is 18.2 Å². The smallest absolute Gasteiger partial charge is 0.289 e. The lowest BCUT2D eigenvalue weighted by atomic mass is 9.96. The summed E-state index contributed by atoms with van der Waals surface area (Å²) in [5.74, 6) is -0.0840. The van der Waals surface area contributed by atoms with Crippen molar-refractivity contribution in [3.63, 3.8) is 0 Å². The number of benzene rings is 1. The van der Waals surface area contributed by atoms with Crippen LogP contribution in [0.4, 0.5) is 5.69 Å². The number of fused-ring (bicyclic) bond motifs is 1. The zero-order chi connectivity index (χ0) is 22.1. The molecular weight excluding hydrogens is 402 g/mol. The number of anilines is 1. The lowest BCUT2D eigenvalue weighted by Crippen LogP contribution is -2.41. The Morgan fingerprint density at radius 1 is 1.13 bits per heavy atom. The van der Waals surface area contributed by atoms with Gasteiger partial charge in [-0.05, 0) is 50.1 Å². The first-order chi connectivity index (χ1) is 14.8. The molecule has 0 atom stereocenters. The van der Waals surface area contributed by atoms with Gasteiger partial charge in [-0.15, -0.1) is 0 Å². The molecule has 9 heteroatoms. The van der Waals surface area contributed by atoms with E-state index < -0.39 is 0 Å². The molecule has 9 nitrogen and oxygen atoms in total. The molecule has 2 aliphatic heterocycles. The van der Waals surface area contributed by atoms with Crippen LogP contribution >= 0.6 is 0 Å². The number of piperidine rings is 1. The minimum Gasteiger partial charge on any atom is -0.482 e. The maximum Gasteiger partial charge on any atom is 0.289 e. The molecule has 0 spiro atoms. The second-order valence-electron chi connectivity index (χ2n) is 7.74. The maximum atomic E-state index is 12.7. The SMILES string of the molecule is CC(=O)c1ccc2c(c1)N(Cc1ccc(C(=O)N3CCC(C(N)=O)CC3)o1)C(=O)CO2. The van der Waals surface area contributed by atoms with Crippen molar-refractivity contribution in [3.05, 3.63) is 47.4 Å². The summed E-state index contributed by atoms with van der Waals surface area (Å²) >= 11 is 0. The molecule has 1 fully saturated rings. The van der Waals surface area contributed by atoms with Gasteiger partial charge in [0, 0.05) is 24.6 Å². The molecule has 1 saturated heterocycles. The van der Waals surface area contributed by atoms with Crippen LogP contribution in [0.25, 0.3) is 0 Å². The minimum atomic E-state index is -0.337. The first kappa shape index (κ1) is 20.6. The fourth-order valence-electron chi connectivity index (χ4n) is 3.85. The van der Waals surface area contributed by atoms with Crippen LogP contribution in [-0.2, 0) is 16.1 Å². The van der Waals surface area contributed by atoms with E-state index in [1.807, 2.05) is 0 Å². The number of primary amides is 1. The molecule has 4 rings (SSSR count). The Morgan fingerprint density at radius 2 is 1.87 bits per heavy atom. The largest absolute Gasteiger partial charge is 0.482 e. The highest BCUT2D eigenvalue weighted by molar-refractivity contribution is 6.01. The van der Waals surface area contributed by atoms with E-state index in [0.717, 1.165) is 0 Å². The highest BCUT2D eigenvalue weighted by Crippen LogP contribution is 2.34. The number of rotatable bonds is 5. The van der Waals surface area contributed by atoms with Crippen molar-refractivity contribution in [2.24, 2.45) is 11.7 Å². The third-order valence-corrected chi connectivity index (χ3v) is 5.68. The normalized spacial score (nSPS) is 16.6. The zero-order valence-corrected chi connectivity index (χ0v) is 17.1. The summed E-state index contributed by atoms with van der Waals surface area (Å²) in [5, 5.41) is 0. The quantitative estimate of drug-likeness (QED) is 0.728. The number of nitrogens with zero attached hydrogens (tertiary/aromatic N) is 2. The number of furan rings is 1. The lowest BCUT2D eigenvalue weighted by Gasteiger charge is -2.30. The van der Waals surface area contributed by atoms with E-state index in [0.29, 0.717) is 48.7 Å². The average Bonchev–Trinajstić information content (AvgIpc) is 3.23. The summed E-state index contributed by atoms with van der Waals surface area (Å²) in [6.07, 6.45) is 1.07. The summed E-state index contributed by atoms with van der Waals surface area (Å²) in [6, 6.07) is 8.17. The predicted molar refractivity (Wildman–Crippen MR) is 110 cm³/mol. The molecule has 1 aromatic carbocycles. The molecule has 3 heterocycles. The van der Waals surface area contributed by atoms with Gasteiger partial charge in [0.25, 0.3) is 11.8 Å². The molecule has 0 radical (unpaired) electrons. The Bertz CT molecular complexity index is 1050. The summed E-state index contributed by atoms with van der Waals surface area (Å²) in [6.45, 7) is 2.31. The minimum absolute atomic E-state index is 0.105. The summed E-state index contributed by atoms with van der Waals surface area (Å²) < 4.78 is 11.2. The number of likely N-dealkylation sites (tertiary alicyclic amines) is 1. The monoisotopic (exact) mass is 425 g/mol. The molecule has 2 aromatic rings. The van der Waals surface area contributed by atoms with Gasteiger partial charge in [-0.2, -0.15) is 0 Å². The number of hydrogen-bond acceptors (Lipinski definition) is 6. The highest BCUT2D eigenvalue weighted by atomic mass is 16.5. The Kier molecular flexibility index (Phi) is 5.50. The van der Waals surface area contributed by atoms with E-state index in [2.05, 4.69) is 0 Å². The van der Waals surface area contributed by atoms with Crippen molar-refractivity contribution in [3.8, 4) is 5.75 Å². The van der Waals surface area contributed by atoms with Gasteiger partial charge in [-0.25, -0.2) is 0 Å². The molecule has 0 unspecified atom stereocenters. The molecule has 162 valence electrons. The van der Waals surface area contributed by atoms with Crippen LogP contribution in [0.1, 0.15) is 46.4 Å². The molecule has 0 bridgehead atoms. The number of carbonyl (C=O) groups excluding carboxylic acids is 4. The highest BCUT2D eigenvalue weighted by Gasteiger charge is 2.30. The third kappa shape index (κ3) is 4.16. The Hall–Kier alpha value is -3.62. The lowest BCUT2D eigenvalue weighted by molar-refractivity contribution is -0.123. The summed E-state index contributed by atoms with van der Waals surface area (Å²) in [4.78, 5) is 51.4. The zero-order valence-electron chi connectivity index (χ0n) is 17.1. The van der Waals surface area contributed by atoms with Gasteiger partial charge in [0.2, 0.25) is 5.91 Å². The van der Waals surface area contributed by atoms with Crippen LogP contribution in [0.15, 0.2) is 34.7 Å². The van der Waals surface area contributed by atoms with Crippen LogP contribution in [-0.4, -0.2) is 48.1 Å². The molecule has 2 N–H and O–H groups in total. The molecule has 3 amide bonds. The number of hydrogen-bond donors (Lipinski definition) is 1. The predicted octanol–water partition coefficient (Wildman–Crippen LogP) is 1.75. The number of ketones is 1. The first-order valence-corrected chi connectivity index (χ1v) is 10.1. The standard InChI is InChI=1S/C22H23N3O6/c1-13(26)15-2-4-18-17(10-15)25(20(27)12-30-18)11-16-3-5-19(31-16)22(29)24-8-6-14(7-9-24)21(23)28/h2-5,10,14H,6-9,11-12H2,1H3,(H2,23,28). The number of ether oxygens (including phenoxy) is 1. The Balaban J connectivity index is 1.49. The van der Waals surface area contributed by atoms with Crippen molar-refractivity contribution in [2.45, 2.75) is 26.3 Å². The molecular formula is C22H23N3O6. The van der Waals surface area contributed by atoms with Crippen LogP contribution in [0.3, 0.4) is 0 Å². The molecule has 1 aromatic heterocycles. The fourth-order valence-corrected chi connectivity index (χ4v) is 3.85. The summed E-state index contributed by atoms with van der Waals surface area (Å²) in [7, 11) is 0. The second-order valence-corrected chi connectivity index (χ2v) is 7.74. The molecule has 0 aliphatic carbocycles. The van der Waals surface area contributed by atoms with E-state index in [-0.39, 0.29) is 48.3 Å². The molecule has 31 heavy (non-hydrogen) atoms. The van der Waals surface area contributed by atoms with E-state index in [1.54, 1.807) is 35.2 Å². The average molecular weight is 425 g/mol. The van der Waals surface area contributed by atoms with Crippen molar-refractivity contribution >= 4 is 29.2 Å². The van der Waals surface area contributed by atoms with Crippen molar-refractivity contribution in [2.75, 3.05) is 24.6 Å². The summed E-state index contributed by atoms with van der Waals surface area (Å²) in [5.41, 5.74) is 6.30. The Morgan fingerprint density at radius 3 is 2.55 bits per heavy atom. The van der Waals surface area contributed by atoms with Crippen LogP contribution in [0.5, 0.6) is 5.75 Å². The van der Waals surface area contributed by atoms with Gasteiger partial charge in [-0.3, -0.25) is 24.1 Å². The van der Waals surface area contributed by atoms with E-state index in [1.165, 1.54) is 11.8 Å². The van der Waals surface area contributed by atoms with Gasteiger partial charge in [0.1, 0.15) is 11.5 Å². The second kappa shape index (κ2) is 8.25.